The van der Waals surface area contributed by atoms with Gasteiger partial charge in [-0.3, -0.25) is 0 Å². The van der Waals surface area contributed by atoms with Gasteiger partial charge >= 0.3 is 29.6 Å². The lowest BCUT2D eigenvalue weighted by Gasteiger charge is -2.38. The molecular weight excluding hydrogens is 310 g/mol. The van der Waals surface area contributed by atoms with Crippen molar-refractivity contribution in [3.63, 3.8) is 0 Å². The Hall–Kier alpha value is -1.22. The maximum absolute atomic E-state index is 12.9. The third-order valence-electron chi connectivity index (χ3n) is 2.32. The first-order valence-electron chi connectivity index (χ1n) is 4.76. The molecule has 0 aromatic heterocycles. The predicted octanol–water partition coefficient (Wildman–Crippen LogP) is 4.93. The molecule has 0 saturated heterocycles. The van der Waals surface area contributed by atoms with Crippen molar-refractivity contribution in [1.29, 1.82) is 0 Å². The van der Waals surface area contributed by atoms with Crippen LogP contribution in [0.25, 0.3) is 0 Å². The van der Waals surface area contributed by atoms with Crippen LogP contribution >= 0.6 is 0 Å². The maximum atomic E-state index is 12.9. The largest absolute Gasteiger partial charge is 0.384 e. The lowest BCUT2D eigenvalue weighted by molar-refractivity contribution is -0.393. The van der Waals surface area contributed by atoms with Gasteiger partial charge in [0.1, 0.15) is 0 Å². The smallest absolute Gasteiger partial charge is 0.199 e. The molecule has 20 heavy (non-hydrogen) atoms. The molecule has 0 aromatic carbocycles. The summed E-state index contributed by atoms with van der Waals surface area (Å²) >= 11 is 0. The zero-order chi connectivity index (χ0) is 16.6. The van der Waals surface area contributed by atoms with E-state index in [0.29, 0.717) is 0 Å². The molecule has 0 nitrogen and oxygen atoms in total. The number of halogens is 10. The minimum Gasteiger partial charge on any atom is -0.199 e. The van der Waals surface area contributed by atoms with Gasteiger partial charge in [0.15, 0.2) is 0 Å². The van der Waals surface area contributed by atoms with Crippen molar-refractivity contribution in [2.45, 2.75) is 36.0 Å². The molecular formula is C10H8F10. The van der Waals surface area contributed by atoms with Gasteiger partial charge < -0.3 is 0 Å². The second kappa shape index (κ2) is 4.96. The van der Waals surface area contributed by atoms with Gasteiger partial charge in [-0.1, -0.05) is 12.7 Å². The Morgan fingerprint density at radius 2 is 1.05 bits per heavy atom. The van der Waals surface area contributed by atoms with Crippen LogP contribution in [0.1, 0.15) is 6.42 Å². The topological polar surface area (TPSA) is 0 Å². The SMILES string of the molecule is C=CCC(F)(F)C(F)(F)C(F)(F)C(F)(F)C(F)(F)C=C. The average Bonchev–Trinajstić information content (AvgIpc) is 2.27. The van der Waals surface area contributed by atoms with E-state index in [1.807, 2.05) is 0 Å². The normalized spacial score (nSPS) is 15.1. The van der Waals surface area contributed by atoms with E-state index in [-0.39, 0.29) is 6.08 Å². The van der Waals surface area contributed by atoms with Gasteiger partial charge in [0.2, 0.25) is 0 Å². The molecule has 0 fully saturated rings. The van der Waals surface area contributed by atoms with Gasteiger partial charge in [0.25, 0.3) is 0 Å². The van der Waals surface area contributed by atoms with Crippen molar-refractivity contribution in [3.8, 4) is 0 Å². The number of alkyl halides is 10. The van der Waals surface area contributed by atoms with Gasteiger partial charge in [-0.05, 0) is 6.08 Å². The number of hydrogen-bond donors (Lipinski definition) is 0. The van der Waals surface area contributed by atoms with Gasteiger partial charge in [-0.25, -0.2) is 0 Å². The van der Waals surface area contributed by atoms with E-state index in [9.17, 15) is 43.9 Å². The zero-order valence-electron chi connectivity index (χ0n) is 9.56. The Morgan fingerprint density at radius 3 is 1.35 bits per heavy atom. The molecule has 0 aliphatic rings. The molecule has 0 amide bonds. The van der Waals surface area contributed by atoms with Crippen LogP contribution in [-0.4, -0.2) is 29.6 Å². The standard InChI is InChI=1S/C10H8F10/c1-3-5-7(13,14)9(17,18)10(19,20)8(15,16)6(11,12)4-2/h3-4H,1-2,5H2. The number of allylic oxidation sites excluding steroid dienone is 2. The molecule has 0 spiro atoms. The van der Waals surface area contributed by atoms with Gasteiger partial charge in [0, 0.05) is 6.42 Å². The maximum Gasteiger partial charge on any atom is 0.384 e. The van der Waals surface area contributed by atoms with Crippen LogP contribution in [0.15, 0.2) is 25.3 Å². The zero-order valence-corrected chi connectivity index (χ0v) is 9.56. The monoisotopic (exact) mass is 318 g/mol. The minimum absolute atomic E-state index is 0.0633. The Labute approximate surface area is 106 Å². The number of hydrogen-bond acceptors (Lipinski definition) is 0. The summed E-state index contributed by atoms with van der Waals surface area (Å²) in [7, 11) is 0. The molecule has 10 heteroatoms. The molecule has 0 saturated carbocycles. The quantitative estimate of drug-likeness (QED) is 0.461. The molecule has 0 rings (SSSR count). The van der Waals surface area contributed by atoms with E-state index in [2.05, 4.69) is 13.2 Å². The van der Waals surface area contributed by atoms with Crippen molar-refractivity contribution in [1.82, 2.24) is 0 Å². The van der Waals surface area contributed by atoms with Crippen LogP contribution in [0.3, 0.4) is 0 Å². The summed E-state index contributed by atoms with van der Waals surface area (Å²) in [6.07, 6.45) is -3.07. The highest BCUT2D eigenvalue weighted by Gasteiger charge is 2.85. The molecule has 118 valence electrons. The van der Waals surface area contributed by atoms with Crippen molar-refractivity contribution in [2.24, 2.45) is 0 Å². The third-order valence-corrected chi connectivity index (χ3v) is 2.32. The number of rotatable bonds is 7. The van der Waals surface area contributed by atoms with E-state index in [0.717, 1.165) is 0 Å². The van der Waals surface area contributed by atoms with E-state index < -0.39 is 42.1 Å². The second-order valence-corrected chi connectivity index (χ2v) is 3.75. The van der Waals surface area contributed by atoms with E-state index in [1.54, 1.807) is 0 Å². The average molecular weight is 318 g/mol. The first-order chi connectivity index (χ1) is 8.62. The fraction of sp³-hybridized carbons (Fsp3) is 0.600. The fourth-order valence-corrected chi connectivity index (χ4v) is 1.07. The Kier molecular flexibility index (Phi) is 4.65. The highest BCUT2D eigenvalue weighted by atomic mass is 19.4. The Morgan fingerprint density at radius 1 is 0.650 bits per heavy atom. The van der Waals surface area contributed by atoms with Crippen molar-refractivity contribution in [2.75, 3.05) is 0 Å². The van der Waals surface area contributed by atoms with Gasteiger partial charge in [-0.2, -0.15) is 43.9 Å². The summed E-state index contributed by atoms with van der Waals surface area (Å²) < 4.78 is 128. The van der Waals surface area contributed by atoms with Crippen molar-refractivity contribution < 1.29 is 43.9 Å². The molecule has 0 aliphatic heterocycles. The molecule has 0 heterocycles. The van der Waals surface area contributed by atoms with Gasteiger partial charge in [-0.15, -0.1) is 6.58 Å². The lowest BCUT2D eigenvalue weighted by Crippen LogP contribution is -2.66. The van der Waals surface area contributed by atoms with Crippen LogP contribution in [-0.2, 0) is 0 Å². The molecule has 0 unspecified atom stereocenters. The van der Waals surface area contributed by atoms with Crippen LogP contribution in [0.5, 0.6) is 0 Å². The van der Waals surface area contributed by atoms with Crippen molar-refractivity contribution >= 4 is 0 Å². The first kappa shape index (κ1) is 18.8. The molecule has 0 aliphatic carbocycles. The van der Waals surface area contributed by atoms with Crippen LogP contribution in [0, 0.1) is 0 Å². The fourth-order valence-electron chi connectivity index (χ4n) is 1.07. The summed E-state index contributed by atoms with van der Waals surface area (Å²) in [6.45, 7) is 4.64. The van der Waals surface area contributed by atoms with E-state index >= 15 is 0 Å². The van der Waals surface area contributed by atoms with Crippen LogP contribution in [0.4, 0.5) is 43.9 Å². The van der Waals surface area contributed by atoms with Crippen molar-refractivity contribution in [3.05, 3.63) is 25.3 Å². The Bertz CT molecular complexity index is 381. The summed E-state index contributed by atoms with van der Waals surface area (Å²) in [5.74, 6) is -32.0. The van der Waals surface area contributed by atoms with E-state index in [1.165, 1.54) is 0 Å². The summed E-state index contributed by atoms with van der Waals surface area (Å²) in [5, 5.41) is 0. The van der Waals surface area contributed by atoms with Gasteiger partial charge in [0.05, 0.1) is 0 Å². The summed E-state index contributed by atoms with van der Waals surface area (Å²) in [4.78, 5) is 0. The lowest BCUT2D eigenvalue weighted by atomic mass is 9.93. The second-order valence-electron chi connectivity index (χ2n) is 3.75. The summed E-state index contributed by atoms with van der Waals surface area (Å²) in [6, 6.07) is 0. The molecule has 0 radical (unpaired) electrons. The predicted molar refractivity (Wildman–Crippen MR) is 49.7 cm³/mol. The van der Waals surface area contributed by atoms with Crippen LogP contribution < -0.4 is 0 Å². The highest BCUT2D eigenvalue weighted by molar-refractivity contribution is 5.13. The first-order valence-corrected chi connectivity index (χ1v) is 4.76. The third kappa shape index (κ3) is 2.39. The molecule has 0 aromatic rings. The molecule has 0 bridgehead atoms. The molecule has 0 atom stereocenters. The minimum atomic E-state index is -7.02. The Balaban J connectivity index is 5.96. The highest BCUT2D eigenvalue weighted by Crippen LogP contribution is 2.57. The van der Waals surface area contributed by atoms with E-state index in [4.69, 9.17) is 0 Å². The summed E-state index contributed by atoms with van der Waals surface area (Å²) in [5.41, 5.74) is 0. The van der Waals surface area contributed by atoms with Crippen LogP contribution in [0.2, 0.25) is 0 Å². The molecule has 0 N–H and O–H groups in total.